The molecule has 2 aromatic carbocycles. The van der Waals surface area contributed by atoms with E-state index in [0.29, 0.717) is 30.2 Å². The molecule has 29 heavy (non-hydrogen) atoms. The molecule has 2 aromatic heterocycles. The first-order valence-electron chi connectivity index (χ1n) is 9.21. The molecular formula is C21H21FN6O. The van der Waals surface area contributed by atoms with Crippen molar-refractivity contribution in [2.45, 2.75) is 20.0 Å². The second kappa shape index (κ2) is 7.84. The van der Waals surface area contributed by atoms with Crippen LogP contribution >= 0.6 is 0 Å². The predicted molar refractivity (Wildman–Crippen MR) is 108 cm³/mol. The Balaban J connectivity index is 1.69. The minimum atomic E-state index is -0.332. The minimum absolute atomic E-state index is 0.305. The van der Waals surface area contributed by atoms with E-state index in [-0.39, 0.29) is 11.5 Å². The molecular weight excluding hydrogens is 371 g/mol. The van der Waals surface area contributed by atoms with Crippen LogP contribution < -0.4 is 5.69 Å². The van der Waals surface area contributed by atoms with E-state index >= 15 is 0 Å². The van der Waals surface area contributed by atoms with Gasteiger partial charge in [0.25, 0.3) is 0 Å². The third kappa shape index (κ3) is 4.33. The highest BCUT2D eigenvalue weighted by Crippen LogP contribution is 2.26. The zero-order valence-corrected chi connectivity index (χ0v) is 16.2. The van der Waals surface area contributed by atoms with Crippen LogP contribution in [0, 0.1) is 12.7 Å². The number of nitrogens with zero attached hydrogens (tertiary/aromatic N) is 4. The van der Waals surface area contributed by atoms with E-state index in [4.69, 9.17) is 5.10 Å². The number of aromatic amines is 2. The molecule has 148 valence electrons. The monoisotopic (exact) mass is 392 g/mol. The first-order chi connectivity index (χ1) is 14.0. The molecule has 0 radical (unpaired) electrons. The molecule has 8 heteroatoms. The quantitative estimate of drug-likeness (QED) is 0.528. The summed E-state index contributed by atoms with van der Waals surface area (Å²) in [7, 11) is 1.92. The van der Waals surface area contributed by atoms with Crippen molar-refractivity contribution in [3.8, 4) is 16.9 Å². The minimum Gasteiger partial charge on any atom is -0.295 e. The van der Waals surface area contributed by atoms with Gasteiger partial charge in [-0.05, 0) is 43.8 Å². The standard InChI is InChI=1S/C21H21FN6O/c1-14-5-3-8-18(9-14)28-12-16(11-27(2)13-19-23-21(29)25-24-19)20(26-28)15-6-4-7-17(22)10-15/h3-10,12H,11,13H2,1-2H3,(H2,23,24,25,29). The lowest BCUT2D eigenvalue weighted by molar-refractivity contribution is 0.311. The van der Waals surface area contributed by atoms with Gasteiger partial charge in [-0.25, -0.2) is 19.0 Å². The summed E-state index contributed by atoms with van der Waals surface area (Å²) in [5.41, 5.74) is 4.11. The Bertz CT molecular complexity index is 1190. The van der Waals surface area contributed by atoms with Crippen molar-refractivity contribution >= 4 is 0 Å². The van der Waals surface area contributed by atoms with Crippen molar-refractivity contribution in [1.82, 2.24) is 29.9 Å². The Hall–Kier alpha value is -3.52. The van der Waals surface area contributed by atoms with Crippen LogP contribution in [0.25, 0.3) is 16.9 Å². The maximum atomic E-state index is 13.8. The Morgan fingerprint density at radius 1 is 1.14 bits per heavy atom. The molecule has 0 saturated carbocycles. The number of aromatic nitrogens is 5. The lowest BCUT2D eigenvalue weighted by atomic mass is 10.1. The van der Waals surface area contributed by atoms with Gasteiger partial charge >= 0.3 is 5.69 Å². The zero-order chi connectivity index (χ0) is 20.4. The summed E-state index contributed by atoms with van der Waals surface area (Å²) in [6.45, 7) is 3.03. The highest BCUT2D eigenvalue weighted by atomic mass is 19.1. The van der Waals surface area contributed by atoms with Gasteiger partial charge in [0.15, 0.2) is 0 Å². The van der Waals surface area contributed by atoms with Crippen LogP contribution in [0.15, 0.2) is 59.5 Å². The fourth-order valence-corrected chi connectivity index (χ4v) is 3.29. The van der Waals surface area contributed by atoms with Crippen molar-refractivity contribution < 1.29 is 4.39 Å². The number of aryl methyl sites for hydroxylation is 1. The van der Waals surface area contributed by atoms with Crippen molar-refractivity contribution in [2.75, 3.05) is 7.05 Å². The molecule has 0 saturated heterocycles. The molecule has 4 aromatic rings. The van der Waals surface area contributed by atoms with E-state index < -0.39 is 0 Å². The predicted octanol–water partition coefficient (Wildman–Crippen LogP) is 3.03. The van der Waals surface area contributed by atoms with Gasteiger partial charge in [0.2, 0.25) is 0 Å². The number of benzene rings is 2. The summed E-state index contributed by atoms with van der Waals surface area (Å²) in [5, 5.41) is 11.1. The van der Waals surface area contributed by atoms with Crippen LogP contribution in [0.5, 0.6) is 0 Å². The lowest BCUT2D eigenvalue weighted by Gasteiger charge is -2.14. The smallest absolute Gasteiger partial charge is 0.295 e. The van der Waals surface area contributed by atoms with E-state index in [2.05, 4.69) is 15.2 Å². The molecule has 0 unspecified atom stereocenters. The van der Waals surface area contributed by atoms with Gasteiger partial charge in [-0.3, -0.25) is 9.88 Å². The molecule has 0 aliphatic carbocycles. The summed E-state index contributed by atoms with van der Waals surface area (Å²) in [5.74, 6) is 0.247. The fourth-order valence-electron chi connectivity index (χ4n) is 3.29. The Morgan fingerprint density at radius 2 is 1.97 bits per heavy atom. The Kier molecular flexibility index (Phi) is 5.09. The maximum Gasteiger partial charge on any atom is 0.340 e. The second-order valence-electron chi connectivity index (χ2n) is 7.09. The number of nitrogens with one attached hydrogen (secondary N) is 2. The number of rotatable bonds is 6. The van der Waals surface area contributed by atoms with Gasteiger partial charge in [-0.15, -0.1) is 0 Å². The molecule has 2 heterocycles. The highest BCUT2D eigenvalue weighted by Gasteiger charge is 2.15. The van der Waals surface area contributed by atoms with E-state index in [1.54, 1.807) is 6.07 Å². The van der Waals surface area contributed by atoms with Gasteiger partial charge in [-0.1, -0.05) is 24.3 Å². The first-order valence-corrected chi connectivity index (χ1v) is 9.21. The molecule has 0 bridgehead atoms. The third-order valence-corrected chi connectivity index (χ3v) is 4.56. The summed E-state index contributed by atoms with van der Waals surface area (Å²) >= 11 is 0. The molecule has 4 rings (SSSR count). The van der Waals surface area contributed by atoms with Crippen molar-refractivity contribution in [3.63, 3.8) is 0 Å². The van der Waals surface area contributed by atoms with Crippen LogP contribution in [-0.2, 0) is 13.1 Å². The van der Waals surface area contributed by atoms with Crippen molar-refractivity contribution in [3.05, 3.63) is 88.0 Å². The van der Waals surface area contributed by atoms with Crippen LogP contribution in [-0.4, -0.2) is 36.9 Å². The maximum absolute atomic E-state index is 13.8. The summed E-state index contributed by atoms with van der Waals surface area (Å²) in [6.07, 6.45) is 1.96. The number of H-pyrrole nitrogens is 2. The number of hydrogen-bond donors (Lipinski definition) is 2. The van der Waals surface area contributed by atoms with Crippen molar-refractivity contribution in [2.24, 2.45) is 0 Å². The van der Waals surface area contributed by atoms with Gasteiger partial charge in [-0.2, -0.15) is 10.2 Å². The fraction of sp³-hybridized carbons (Fsp3) is 0.190. The van der Waals surface area contributed by atoms with E-state index in [1.165, 1.54) is 12.1 Å². The second-order valence-corrected chi connectivity index (χ2v) is 7.09. The summed E-state index contributed by atoms with van der Waals surface area (Å²) in [4.78, 5) is 15.9. The van der Waals surface area contributed by atoms with Gasteiger partial charge in [0.05, 0.1) is 17.9 Å². The Morgan fingerprint density at radius 3 is 2.69 bits per heavy atom. The molecule has 0 aliphatic heterocycles. The average Bonchev–Trinajstić information content (AvgIpc) is 3.28. The average molecular weight is 392 g/mol. The highest BCUT2D eigenvalue weighted by molar-refractivity contribution is 5.63. The van der Waals surface area contributed by atoms with Crippen molar-refractivity contribution in [1.29, 1.82) is 0 Å². The summed E-state index contributed by atoms with van der Waals surface area (Å²) in [6, 6.07) is 14.5. The lowest BCUT2D eigenvalue weighted by Crippen LogP contribution is -2.18. The van der Waals surface area contributed by atoms with Crippen LogP contribution in [0.3, 0.4) is 0 Å². The molecule has 0 atom stereocenters. The number of hydrogen-bond acceptors (Lipinski definition) is 4. The van der Waals surface area contributed by atoms with Crippen LogP contribution in [0.4, 0.5) is 4.39 Å². The molecule has 0 spiro atoms. The zero-order valence-electron chi connectivity index (χ0n) is 16.2. The summed E-state index contributed by atoms with van der Waals surface area (Å²) < 4.78 is 15.6. The van der Waals surface area contributed by atoms with E-state index in [0.717, 1.165) is 16.8 Å². The van der Waals surface area contributed by atoms with Crippen LogP contribution in [0.2, 0.25) is 0 Å². The van der Waals surface area contributed by atoms with Gasteiger partial charge in [0.1, 0.15) is 11.6 Å². The third-order valence-electron chi connectivity index (χ3n) is 4.56. The van der Waals surface area contributed by atoms with Gasteiger partial charge in [0, 0.05) is 23.9 Å². The molecule has 0 aliphatic rings. The molecule has 7 nitrogen and oxygen atoms in total. The van der Waals surface area contributed by atoms with Gasteiger partial charge < -0.3 is 0 Å². The molecule has 0 amide bonds. The molecule has 2 N–H and O–H groups in total. The van der Waals surface area contributed by atoms with E-state index in [9.17, 15) is 9.18 Å². The first kappa shape index (κ1) is 18.8. The number of halogens is 1. The Labute approximate surface area is 166 Å². The largest absolute Gasteiger partial charge is 0.340 e. The topological polar surface area (TPSA) is 82.6 Å². The normalized spacial score (nSPS) is 11.3. The van der Waals surface area contributed by atoms with E-state index in [1.807, 2.05) is 60.1 Å². The molecule has 0 fully saturated rings. The van der Waals surface area contributed by atoms with Crippen LogP contribution in [0.1, 0.15) is 17.0 Å². The SMILES string of the molecule is Cc1cccc(-n2cc(CN(C)Cc3n[nH]c(=O)[nH]3)c(-c3cccc(F)c3)n2)c1.